The van der Waals surface area contributed by atoms with Gasteiger partial charge >= 0.3 is 5.97 Å². The lowest BCUT2D eigenvalue weighted by molar-refractivity contribution is -0.140. The van der Waals surface area contributed by atoms with Crippen LogP contribution in [0.25, 0.3) is 33.3 Å². The number of hydrogen-bond acceptors (Lipinski definition) is 5. The van der Waals surface area contributed by atoms with Crippen LogP contribution in [-0.2, 0) is 15.8 Å². The van der Waals surface area contributed by atoms with Gasteiger partial charge in [-0.3, -0.25) is 8.77 Å². The van der Waals surface area contributed by atoms with Crippen molar-refractivity contribution >= 4 is 44.9 Å². The number of hydrogen-bond donors (Lipinski definition) is 1. The molecule has 1 N–H and O–H groups in total. The molecule has 1 aliphatic heterocycles. The zero-order chi connectivity index (χ0) is 27.1. The van der Waals surface area contributed by atoms with Gasteiger partial charge in [0.25, 0.3) is 0 Å². The SMILES string of the molecule is Cc1ccc(S(=O)n2c(-c3cccc(N4CCC(C(=O)O)C4)c3)c(-c3ccsc3C#N)c3ccccc32)cc1. The van der Waals surface area contributed by atoms with Gasteiger partial charge in [0.2, 0.25) is 0 Å². The molecule has 6 rings (SSSR count). The quantitative estimate of drug-likeness (QED) is 0.254. The fourth-order valence-electron chi connectivity index (χ4n) is 5.32. The molecule has 0 spiro atoms. The van der Waals surface area contributed by atoms with Crippen molar-refractivity contribution in [3.63, 3.8) is 0 Å². The fraction of sp³-hybridized carbons (Fsp3) is 0.161. The fourth-order valence-corrected chi connectivity index (χ4v) is 7.29. The van der Waals surface area contributed by atoms with Crippen LogP contribution in [0, 0.1) is 24.2 Å². The molecule has 2 aromatic heterocycles. The van der Waals surface area contributed by atoms with E-state index in [1.807, 2.05) is 95.1 Å². The van der Waals surface area contributed by atoms with Gasteiger partial charge in [-0.25, -0.2) is 4.21 Å². The number of carbonyl (C=O) groups is 1. The van der Waals surface area contributed by atoms with Crippen molar-refractivity contribution in [1.29, 1.82) is 5.26 Å². The number of fused-ring (bicyclic) bond motifs is 1. The highest BCUT2D eigenvalue weighted by Crippen LogP contribution is 2.45. The van der Waals surface area contributed by atoms with Crippen molar-refractivity contribution in [3.8, 4) is 28.5 Å². The summed E-state index contributed by atoms with van der Waals surface area (Å²) >= 11 is 1.39. The normalized spacial score (nSPS) is 15.9. The monoisotopic (exact) mass is 551 g/mol. The number of nitrogens with zero attached hydrogens (tertiary/aromatic N) is 3. The number of aryl methyl sites for hydroxylation is 1. The molecular formula is C31H25N3O3S2. The zero-order valence-corrected chi connectivity index (χ0v) is 22.8. The Bertz CT molecular complexity index is 1780. The Morgan fingerprint density at radius 2 is 1.87 bits per heavy atom. The van der Waals surface area contributed by atoms with Crippen molar-refractivity contribution in [2.24, 2.45) is 5.92 Å². The number of benzene rings is 3. The molecule has 0 amide bonds. The largest absolute Gasteiger partial charge is 0.481 e. The molecule has 8 heteroatoms. The maximum absolute atomic E-state index is 14.3. The molecule has 2 atom stereocenters. The summed E-state index contributed by atoms with van der Waals surface area (Å²) in [5.41, 5.74) is 6.12. The first kappa shape index (κ1) is 25.1. The van der Waals surface area contributed by atoms with Crippen molar-refractivity contribution in [3.05, 3.63) is 94.7 Å². The van der Waals surface area contributed by atoms with Crippen LogP contribution in [0.2, 0.25) is 0 Å². The van der Waals surface area contributed by atoms with E-state index in [4.69, 9.17) is 0 Å². The Morgan fingerprint density at radius 1 is 1.08 bits per heavy atom. The first-order valence-corrected chi connectivity index (χ1v) is 14.6. The third kappa shape index (κ3) is 4.44. The molecule has 5 aromatic rings. The topological polar surface area (TPSA) is 86.3 Å². The predicted octanol–water partition coefficient (Wildman–Crippen LogP) is 6.70. The van der Waals surface area contributed by atoms with Gasteiger partial charge in [0, 0.05) is 40.9 Å². The lowest BCUT2D eigenvalue weighted by Crippen LogP contribution is -2.22. The molecular weight excluding hydrogens is 526 g/mol. The summed E-state index contributed by atoms with van der Waals surface area (Å²) in [5.74, 6) is -1.17. The molecule has 1 fully saturated rings. The highest BCUT2D eigenvalue weighted by Gasteiger charge is 2.30. The van der Waals surface area contributed by atoms with E-state index in [0.717, 1.165) is 44.5 Å². The molecule has 194 valence electrons. The van der Waals surface area contributed by atoms with Crippen molar-refractivity contribution in [2.75, 3.05) is 18.0 Å². The van der Waals surface area contributed by atoms with Crippen LogP contribution in [0.5, 0.6) is 0 Å². The maximum atomic E-state index is 14.3. The number of carboxylic acids is 1. The summed E-state index contributed by atoms with van der Waals surface area (Å²) in [5, 5.41) is 22.3. The van der Waals surface area contributed by atoms with Crippen molar-refractivity contribution in [2.45, 2.75) is 18.2 Å². The van der Waals surface area contributed by atoms with Gasteiger partial charge in [-0.05, 0) is 55.1 Å². The Hall–Kier alpha value is -4.19. The van der Waals surface area contributed by atoms with Crippen LogP contribution >= 0.6 is 11.3 Å². The summed E-state index contributed by atoms with van der Waals surface area (Å²) in [6.07, 6.45) is 0.600. The third-order valence-corrected chi connectivity index (χ3v) is 9.48. The molecule has 3 heterocycles. The van der Waals surface area contributed by atoms with Crippen molar-refractivity contribution in [1.82, 2.24) is 3.97 Å². The van der Waals surface area contributed by atoms with Crippen LogP contribution in [0.15, 0.2) is 89.1 Å². The molecule has 39 heavy (non-hydrogen) atoms. The zero-order valence-electron chi connectivity index (χ0n) is 21.2. The Morgan fingerprint density at radius 3 is 2.62 bits per heavy atom. The minimum atomic E-state index is -1.57. The van der Waals surface area contributed by atoms with Gasteiger partial charge in [-0.15, -0.1) is 11.3 Å². The third-order valence-electron chi connectivity index (χ3n) is 7.28. The number of carboxylic acid groups (broad SMARTS) is 1. The van der Waals surface area contributed by atoms with E-state index in [1.54, 1.807) is 0 Å². The number of anilines is 1. The van der Waals surface area contributed by atoms with E-state index < -0.39 is 22.9 Å². The Balaban J connectivity index is 1.61. The number of para-hydroxylation sites is 1. The molecule has 2 unspecified atom stereocenters. The van der Waals surface area contributed by atoms with E-state index in [1.165, 1.54) is 11.3 Å². The van der Waals surface area contributed by atoms with E-state index in [9.17, 15) is 19.4 Å². The van der Waals surface area contributed by atoms with E-state index in [0.29, 0.717) is 29.3 Å². The number of aromatic nitrogens is 1. The molecule has 3 aromatic carbocycles. The summed E-state index contributed by atoms with van der Waals surface area (Å²) < 4.78 is 16.2. The average Bonchev–Trinajstić information content (AvgIpc) is 3.70. The molecule has 0 aliphatic carbocycles. The van der Waals surface area contributed by atoms with Gasteiger partial charge in [0.1, 0.15) is 10.9 Å². The number of thiophene rings is 1. The van der Waals surface area contributed by atoms with Crippen molar-refractivity contribution < 1.29 is 14.1 Å². The van der Waals surface area contributed by atoms with E-state index in [2.05, 4.69) is 11.0 Å². The van der Waals surface area contributed by atoms with Crippen LogP contribution in [0.1, 0.15) is 16.9 Å². The average molecular weight is 552 g/mol. The second-order valence-corrected chi connectivity index (χ2v) is 11.9. The molecule has 0 saturated carbocycles. The predicted molar refractivity (Wildman–Crippen MR) is 156 cm³/mol. The van der Waals surface area contributed by atoms with Gasteiger partial charge in [0.05, 0.1) is 22.0 Å². The standard InChI is InChI=1S/C31H25N3O3S2/c1-20-9-11-24(12-10-20)39(37)34-27-8-3-2-7-25(27)29(26-14-16-38-28(26)18-32)30(34)21-5-4-6-23(17-21)33-15-13-22(19-33)31(35)36/h2-12,14,16-17,22H,13,15,19H2,1H3,(H,35,36). The van der Waals surface area contributed by atoms with Crippen LogP contribution in [-0.4, -0.2) is 32.3 Å². The maximum Gasteiger partial charge on any atom is 0.308 e. The van der Waals surface area contributed by atoms with Crippen LogP contribution in [0.4, 0.5) is 5.69 Å². The Labute approximate surface area is 233 Å². The Kier molecular flexibility index (Phi) is 6.55. The van der Waals surface area contributed by atoms with Gasteiger partial charge in [-0.2, -0.15) is 5.26 Å². The molecule has 0 radical (unpaired) electrons. The number of nitriles is 1. The summed E-state index contributed by atoms with van der Waals surface area (Å²) in [7, 11) is -1.57. The second kappa shape index (κ2) is 10.2. The highest BCUT2D eigenvalue weighted by molar-refractivity contribution is 7.83. The first-order chi connectivity index (χ1) is 19.0. The van der Waals surface area contributed by atoms with Gasteiger partial charge in [-0.1, -0.05) is 48.0 Å². The first-order valence-electron chi connectivity index (χ1n) is 12.6. The lowest BCUT2D eigenvalue weighted by atomic mass is 9.98. The second-order valence-electron chi connectivity index (χ2n) is 9.69. The number of rotatable bonds is 6. The molecule has 6 nitrogen and oxygen atoms in total. The number of aliphatic carboxylic acids is 1. The van der Waals surface area contributed by atoms with Crippen LogP contribution in [0.3, 0.4) is 0 Å². The smallest absolute Gasteiger partial charge is 0.308 e. The highest BCUT2D eigenvalue weighted by atomic mass is 32.2. The lowest BCUT2D eigenvalue weighted by Gasteiger charge is -2.20. The molecule has 0 bridgehead atoms. The molecule has 1 aliphatic rings. The summed E-state index contributed by atoms with van der Waals surface area (Å²) in [6.45, 7) is 3.11. The van der Waals surface area contributed by atoms with E-state index in [-0.39, 0.29) is 0 Å². The minimum absolute atomic E-state index is 0.395. The summed E-state index contributed by atoms with van der Waals surface area (Å²) in [6, 6.07) is 27.8. The minimum Gasteiger partial charge on any atom is -0.481 e. The summed E-state index contributed by atoms with van der Waals surface area (Å²) in [4.78, 5) is 15.0. The molecule has 1 saturated heterocycles. The van der Waals surface area contributed by atoms with E-state index >= 15 is 0 Å². The van der Waals surface area contributed by atoms with Crippen LogP contribution < -0.4 is 4.90 Å². The van der Waals surface area contributed by atoms with Gasteiger partial charge in [0.15, 0.2) is 11.0 Å². The van der Waals surface area contributed by atoms with Gasteiger partial charge < -0.3 is 10.0 Å².